The van der Waals surface area contributed by atoms with Gasteiger partial charge in [-0.15, -0.1) is 0 Å². The van der Waals surface area contributed by atoms with Crippen molar-refractivity contribution in [1.29, 1.82) is 0 Å². The van der Waals surface area contributed by atoms with Crippen LogP contribution in [-0.2, 0) is 0 Å². The first-order valence-corrected chi connectivity index (χ1v) is 7.39. The molecule has 0 atom stereocenters. The zero-order chi connectivity index (χ0) is 17.6. The van der Waals surface area contributed by atoms with Gasteiger partial charge in [0, 0.05) is 19.8 Å². The highest BCUT2D eigenvalue weighted by Gasteiger charge is 2.08. The summed E-state index contributed by atoms with van der Waals surface area (Å²) in [4.78, 5) is 14.5. The summed E-state index contributed by atoms with van der Waals surface area (Å²) >= 11 is 0. The molecule has 0 aliphatic carbocycles. The molecule has 128 valence electrons. The molecule has 0 amide bonds. The Morgan fingerprint density at radius 2 is 1.84 bits per heavy atom. The lowest BCUT2D eigenvalue weighted by atomic mass is 10.3. The molecule has 0 saturated carbocycles. The minimum atomic E-state index is -0.315. The first kappa shape index (κ1) is 16.4. The predicted octanol–water partition coefficient (Wildman–Crippen LogP) is 2.86. The van der Waals surface area contributed by atoms with Crippen LogP contribution in [0.1, 0.15) is 5.76 Å². The summed E-state index contributed by atoms with van der Waals surface area (Å²) in [5.74, 6) is 1.28. The summed E-state index contributed by atoms with van der Waals surface area (Å²) in [5, 5.41) is 7.03. The van der Waals surface area contributed by atoms with Crippen LogP contribution in [0.15, 0.2) is 52.2 Å². The topological polar surface area (TPSA) is 91.5 Å². The van der Waals surface area contributed by atoms with E-state index in [1.165, 1.54) is 18.3 Å². The van der Waals surface area contributed by atoms with Gasteiger partial charge in [-0.1, -0.05) is 0 Å². The fraction of sp³-hybridized carbons (Fsp3) is 0.125. The molecular formula is C16H16FN7O. The van der Waals surface area contributed by atoms with E-state index < -0.39 is 0 Å². The van der Waals surface area contributed by atoms with Gasteiger partial charge in [0.1, 0.15) is 11.6 Å². The molecule has 8 nitrogen and oxygen atoms in total. The first-order chi connectivity index (χ1) is 12.1. The van der Waals surface area contributed by atoms with Crippen LogP contribution in [0.2, 0.25) is 0 Å². The molecule has 2 N–H and O–H groups in total. The Labute approximate surface area is 143 Å². The van der Waals surface area contributed by atoms with E-state index in [1.807, 2.05) is 14.1 Å². The third-order valence-electron chi connectivity index (χ3n) is 3.02. The monoisotopic (exact) mass is 341 g/mol. The molecule has 3 aromatic rings. The largest absolute Gasteiger partial charge is 0.463 e. The standard InChI is InChI=1S/C16H16FN7O/c1-24(2)16-21-14(19-12-7-5-11(17)6-8-12)20-15(22-16)23-18-10-13-4-3-9-25-13/h3-10H,1-2H3,(H2,19,20,21,22,23)/b18-10+. The van der Waals surface area contributed by atoms with Crippen molar-refractivity contribution in [3.63, 3.8) is 0 Å². The number of hydrogen-bond acceptors (Lipinski definition) is 8. The van der Waals surface area contributed by atoms with E-state index in [-0.39, 0.29) is 11.8 Å². The van der Waals surface area contributed by atoms with Crippen LogP contribution in [-0.4, -0.2) is 35.3 Å². The summed E-state index contributed by atoms with van der Waals surface area (Å²) in [7, 11) is 3.62. The van der Waals surface area contributed by atoms with Crippen LogP contribution in [0.25, 0.3) is 0 Å². The van der Waals surface area contributed by atoms with E-state index in [0.29, 0.717) is 23.3 Å². The summed E-state index contributed by atoms with van der Waals surface area (Å²) in [6, 6.07) is 9.42. The normalized spacial score (nSPS) is 10.8. The number of aromatic nitrogens is 3. The van der Waals surface area contributed by atoms with Crippen LogP contribution < -0.4 is 15.6 Å². The smallest absolute Gasteiger partial charge is 0.250 e. The Kier molecular flexibility index (Phi) is 4.84. The lowest BCUT2D eigenvalue weighted by Gasteiger charge is -2.13. The number of hydrogen-bond donors (Lipinski definition) is 2. The lowest BCUT2D eigenvalue weighted by molar-refractivity contribution is 0.560. The zero-order valence-corrected chi connectivity index (χ0v) is 13.6. The maximum atomic E-state index is 13.0. The highest BCUT2D eigenvalue weighted by atomic mass is 19.1. The minimum Gasteiger partial charge on any atom is -0.463 e. The van der Waals surface area contributed by atoms with Crippen molar-refractivity contribution in [2.45, 2.75) is 0 Å². The third kappa shape index (κ3) is 4.50. The summed E-state index contributed by atoms with van der Waals surface area (Å²) < 4.78 is 18.2. The fourth-order valence-electron chi connectivity index (χ4n) is 1.85. The van der Waals surface area contributed by atoms with E-state index >= 15 is 0 Å². The molecule has 0 radical (unpaired) electrons. The Morgan fingerprint density at radius 1 is 1.08 bits per heavy atom. The van der Waals surface area contributed by atoms with Crippen molar-refractivity contribution in [3.05, 3.63) is 54.2 Å². The quantitative estimate of drug-likeness (QED) is 0.526. The Bertz CT molecular complexity index is 847. The van der Waals surface area contributed by atoms with Crippen molar-refractivity contribution in [2.24, 2.45) is 5.10 Å². The van der Waals surface area contributed by atoms with Gasteiger partial charge >= 0.3 is 0 Å². The predicted molar refractivity (Wildman–Crippen MR) is 93.8 cm³/mol. The molecule has 0 fully saturated rings. The van der Waals surface area contributed by atoms with Crippen LogP contribution in [0.4, 0.5) is 27.9 Å². The van der Waals surface area contributed by atoms with Gasteiger partial charge in [0.2, 0.25) is 17.8 Å². The van der Waals surface area contributed by atoms with E-state index in [2.05, 4.69) is 30.8 Å². The molecule has 0 bridgehead atoms. The van der Waals surface area contributed by atoms with Crippen LogP contribution in [0.3, 0.4) is 0 Å². The fourth-order valence-corrected chi connectivity index (χ4v) is 1.85. The molecule has 3 rings (SSSR count). The molecule has 0 saturated heterocycles. The van der Waals surface area contributed by atoms with Crippen molar-refractivity contribution in [1.82, 2.24) is 15.0 Å². The average molecular weight is 341 g/mol. The average Bonchev–Trinajstić information content (AvgIpc) is 3.10. The molecule has 25 heavy (non-hydrogen) atoms. The number of anilines is 4. The Hall–Kier alpha value is -3.49. The molecular weight excluding hydrogens is 325 g/mol. The molecule has 2 heterocycles. The summed E-state index contributed by atoms with van der Waals surface area (Å²) in [6.45, 7) is 0. The minimum absolute atomic E-state index is 0.256. The number of furan rings is 1. The van der Waals surface area contributed by atoms with Crippen molar-refractivity contribution in [3.8, 4) is 0 Å². The SMILES string of the molecule is CN(C)c1nc(N/N=C/c2ccco2)nc(Nc2ccc(F)cc2)n1. The van der Waals surface area contributed by atoms with Gasteiger partial charge in [0.05, 0.1) is 12.5 Å². The molecule has 0 unspecified atom stereocenters. The lowest BCUT2D eigenvalue weighted by Crippen LogP contribution is -2.15. The number of benzene rings is 1. The second-order valence-corrected chi connectivity index (χ2v) is 5.19. The summed E-state index contributed by atoms with van der Waals surface area (Å²) in [5.41, 5.74) is 3.39. The first-order valence-electron chi connectivity index (χ1n) is 7.39. The highest BCUT2D eigenvalue weighted by molar-refractivity contribution is 5.76. The van der Waals surface area contributed by atoms with Gasteiger partial charge in [-0.25, -0.2) is 9.82 Å². The highest BCUT2D eigenvalue weighted by Crippen LogP contribution is 2.17. The number of nitrogens with zero attached hydrogens (tertiary/aromatic N) is 5. The van der Waals surface area contributed by atoms with E-state index in [9.17, 15) is 4.39 Å². The Balaban J connectivity index is 1.80. The van der Waals surface area contributed by atoms with Crippen LogP contribution >= 0.6 is 0 Å². The van der Waals surface area contributed by atoms with Crippen molar-refractivity contribution < 1.29 is 8.81 Å². The number of rotatable bonds is 6. The van der Waals surface area contributed by atoms with Gasteiger partial charge < -0.3 is 14.6 Å². The molecule has 0 aliphatic rings. The second kappa shape index (κ2) is 7.39. The molecule has 0 spiro atoms. The third-order valence-corrected chi connectivity index (χ3v) is 3.02. The second-order valence-electron chi connectivity index (χ2n) is 5.19. The molecule has 0 aliphatic heterocycles. The van der Waals surface area contributed by atoms with Gasteiger partial charge in [0.15, 0.2) is 0 Å². The van der Waals surface area contributed by atoms with Gasteiger partial charge in [-0.2, -0.15) is 20.1 Å². The van der Waals surface area contributed by atoms with Gasteiger partial charge in [-0.3, -0.25) is 0 Å². The van der Waals surface area contributed by atoms with Gasteiger partial charge in [0.25, 0.3) is 0 Å². The maximum absolute atomic E-state index is 13.0. The number of nitrogens with one attached hydrogen (secondary N) is 2. The zero-order valence-electron chi connectivity index (χ0n) is 13.6. The molecule has 2 aromatic heterocycles. The Morgan fingerprint density at radius 3 is 2.52 bits per heavy atom. The van der Waals surface area contributed by atoms with Gasteiger partial charge in [-0.05, 0) is 36.4 Å². The van der Waals surface area contributed by atoms with E-state index in [4.69, 9.17) is 4.42 Å². The van der Waals surface area contributed by atoms with Crippen molar-refractivity contribution >= 4 is 29.7 Å². The number of hydrazone groups is 1. The summed E-state index contributed by atoms with van der Waals surface area (Å²) in [6.07, 6.45) is 3.06. The van der Waals surface area contributed by atoms with E-state index in [1.54, 1.807) is 35.4 Å². The molecule has 1 aromatic carbocycles. The molecule has 9 heteroatoms. The van der Waals surface area contributed by atoms with Crippen LogP contribution in [0, 0.1) is 5.82 Å². The van der Waals surface area contributed by atoms with E-state index in [0.717, 1.165) is 0 Å². The van der Waals surface area contributed by atoms with Crippen LogP contribution in [0.5, 0.6) is 0 Å². The maximum Gasteiger partial charge on any atom is 0.250 e. The number of halogens is 1. The van der Waals surface area contributed by atoms with Crippen molar-refractivity contribution in [2.75, 3.05) is 29.7 Å².